The zero-order valence-corrected chi connectivity index (χ0v) is 9.27. The molecule has 1 N–H and O–H groups in total. The number of nitrogens with zero attached hydrogens (tertiary/aromatic N) is 2. The summed E-state index contributed by atoms with van der Waals surface area (Å²) in [6.45, 7) is 1.81. The first kappa shape index (κ1) is 12.6. The van der Waals surface area contributed by atoms with Crippen molar-refractivity contribution in [2.75, 3.05) is 6.54 Å². The smallest absolute Gasteiger partial charge is 0.282 e. The third-order valence-corrected chi connectivity index (χ3v) is 2.20. The van der Waals surface area contributed by atoms with Crippen LogP contribution in [0.25, 0.3) is 0 Å². The van der Waals surface area contributed by atoms with E-state index in [1.165, 1.54) is 12.1 Å². The summed E-state index contributed by atoms with van der Waals surface area (Å²) in [6.07, 6.45) is 0.172. The van der Waals surface area contributed by atoms with Crippen molar-refractivity contribution in [3.05, 3.63) is 39.4 Å². The van der Waals surface area contributed by atoms with E-state index in [-0.39, 0.29) is 24.2 Å². The van der Waals surface area contributed by atoms with Gasteiger partial charge in [0.2, 0.25) is 0 Å². The molecule has 0 aromatic heterocycles. The molecule has 1 rings (SSSR count). The summed E-state index contributed by atoms with van der Waals surface area (Å²) in [7, 11) is 0. The second-order valence-corrected chi connectivity index (χ2v) is 3.39. The van der Waals surface area contributed by atoms with Gasteiger partial charge in [0.1, 0.15) is 5.56 Å². The predicted octanol–water partition coefficient (Wildman–Crippen LogP) is 1.55. The molecule has 0 saturated carbocycles. The van der Waals surface area contributed by atoms with Crippen molar-refractivity contribution in [3.63, 3.8) is 0 Å². The van der Waals surface area contributed by atoms with E-state index in [2.05, 4.69) is 5.32 Å². The molecule has 0 heterocycles. The summed E-state index contributed by atoms with van der Waals surface area (Å²) in [5.41, 5.74) is 0.364. The fraction of sp³-hybridized carbons (Fsp3) is 0.273. The van der Waals surface area contributed by atoms with Crippen molar-refractivity contribution in [1.82, 2.24) is 5.32 Å². The average molecular weight is 233 g/mol. The molecule has 0 bridgehead atoms. The van der Waals surface area contributed by atoms with Crippen molar-refractivity contribution in [1.29, 1.82) is 5.26 Å². The highest BCUT2D eigenvalue weighted by atomic mass is 16.6. The minimum atomic E-state index is -0.591. The van der Waals surface area contributed by atoms with Crippen molar-refractivity contribution >= 4 is 11.6 Å². The third kappa shape index (κ3) is 3.01. The summed E-state index contributed by atoms with van der Waals surface area (Å²) in [5.74, 6) is -0.523. The van der Waals surface area contributed by atoms with Crippen molar-refractivity contribution in [2.24, 2.45) is 0 Å². The summed E-state index contributed by atoms with van der Waals surface area (Å²) in [4.78, 5) is 21.9. The van der Waals surface area contributed by atoms with E-state index < -0.39 is 10.8 Å². The van der Waals surface area contributed by atoms with E-state index in [1.54, 1.807) is 13.0 Å². The Kier molecular flexibility index (Phi) is 4.17. The number of carbonyl (C=O) groups excluding carboxylic acids is 1. The largest absolute Gasteiger partial charge is 0.351 e. The number of nitrogens with one attached hydrogen (secondary N) is 1. The molecule has 1 aromatic rings. The van der Waals surface area contributed by atoms with Crippen LogP contribution in [0.5, 0.6) is 0 Å². The van der Waals surface area contributed by atoms with Crippen molar-refractivity contribution < 1.29 is 9.72 Å². The van der Waals surface area contributed by atoms with Gasteiger partial charge in [0.25, 0.3) is 11.6 Å². The molecule has 0 spiro atoms. The molecule has 6 heteroatoms. The first-order valence-corrected chi connectivity index (χ1v) is 4.97. The molecule has 88 valence electrons. The van der Waals surface area contributed by atoms with Gasteiger partial charge in [-0.2, -0.15) is 5.26 Å². The van der Waals surface area contributed by atoms with E-state index in [9.17, 15) is 14.9 Å². The van der Waals surface area contributed by atoms with E-state index in [0.717, 1.165) is 0 Å². The number of aryl methyl sites for hydroxylation is 1. The molecule has 0 aliphatic heterocycles. The number of nitriles is 1. The maximum Gasteiger partial charge on any atom is 0.282 e. The molecule has 1 aromatic carbocycles. The molecule has 0 unspecified atom stereocenters. The number of benzene rings is 1. The van der Waals surface area contributed by atoms with Gasteiger partial charge >= 0.3 is 0 Å². The van der Waals surface area contributed by atoms with Crippen LogP contribution in [0.1, 0.15) is 22.3 Å². The fourth-order valence-electron chi connectivity index (χ4n) is 1.42. The minimum absolute atomic E-state index is 0.0513. The molecule has 0 fully saturated rings. The molecule has 1 amide bonds. The van der Waals surface area contributed by atoms with Gasteiger partial charge in [-0.1, -0.05) is 12.1 Å². The lowest BCUT2D eigenvalue weighted by Gasteiger charge is -2.06. The summed E-state index contributed by atoms with van der Waals surface area (Å²) in [6, 6.07) is 6.32. The molecule has 6 nitrogen and oxygen atoms in total. The van der Waals surface area contributed by atoms with Gasteiger partial charge in [0.15, 0.2) is 0 Å². The predicted molar refractivity (Wildman–Crippen MR) is 60.4 cm³/mol. The first-order chi connectivity index (χ1) is 8.07. The van der Waals surface area contributed by atoms with Crippen LogP contribution in [-0.2, 0) is 0 Å². The Balaban J connectivity index is 3.00. The van der Waals surface area contributed by atoms with Crippen LogP contribution in [0, 0.1) is 28.4 Å². The molecular weight excluding hydrogens is 222 g/mol. The normalized spacial score (nSPS) is 9.41. The summed E-state index contributed by atoms with van der Waals surface area (Å²) < 4.78 is 0. The second-order valence-electron chi connectivity index (χ2n) is 3.39. The Labute approximate surface area is 98.0 Å². The highest BCUT2D eigenvalue weighted by molar-refractivity contribution is 5.99. The molecule has 0 aliphatic carbocycles. The van der Waals surface area contributed by atoms with Crippen LogP contribution in [0.4, 0.5) is 5.69 Å². The van der Waals surface area contributed by atoms with Crippen LogP contribution < -0.4 is 5.32 Å². The van der Waals surface area contributed by atoms with Gasteiger partial charge in [-0.15, -0.1) is 0 Å². The second kappa shape index (κ2) is 5.61. The average Bonchev–Trinajstić information content (AvgIpc) is 2.28. The SMILES string of the molecule is Cc1cccc([N+](=O)[O-])c1C(=O)NCCC#N. The quantitative estimate of drug-likeness (QED) is 0.484. The highest BCUT2D eigenvalue weighted by Gasteiger charge is 2.21. The molecule has 0 saturated heterocycles. The van der Waals surface area contributed by atoms with E-state index in [1.807, 2.05) is 6.07 Å². The molecule has 0 radical (unpaired) electrons. The number of amides is 1. The Morgan fingerprint density at radius 1 is 1.59 bits per heavy atom. The monoisotopic (exact) mass is 233 g/mol. The maximum atomic E-state index is 11.7. The standard InChI is InChI=1S/C11H11N3O3/c1-8-4-2-5-9(14(16)17)10(8)11(15)13-7-3-6-12/h2,4-5H,3,7H2,1H3,(H,13,15). The number of hydrogen-bond acceptors (Lipinski definition) is 4. The van der Waals surface area contributed by atoms with Gasteiger partial charge in [0, 0.05) is 12.6 Å². The van der Waals surface area contributed by atoms with E-state index in [4.69, 9.17) is 5.26 Å². The first-order valence-electron chi connectivity index (χ1n) is 4.97. The number of hydrogen-bond donors (Lipinski definition) is 1. The van der Waals surface area contributed by atoms with Gasteiger partial charge in [-0.25, -0.2) is 0 Å². The van der Waals surface area contributed by atoms with E-state index in [0.29, 0.717) is 5.56 Å². The van der Waals surface area contributed by atoms with Crippen LogP contribution in [0.15, 0.2) is 18.2 Å². The van der Waals surface area contributed by atoms with Gasteiger partial charge in [-0.05, 0) is 12.5 Å². The van der Waals surface area contributed by atoms with Gasteiger partial charge < -0.3 is 5.32 Å². The van der Waals surface area contributed by atoms with Crippen LogP contribution in [0.3, 0.4) is 0 Å². The number of nitro benzene ring substituents is 1. The number of nitro groups is 1. The fourth-order valence-corrected chi connectivity index (χ4v) is 1.42. The van der Waals surface area contributed by atoms with Gasteiger partial charge in [0.05, 0.1) is 17.4 Å². The third-order valence-electron chi connectivity index (χ3n) is 2.20. The zero-order chi connectivity index (χ0) is 12.8. The Hall–Kier alpha value is -2.42. The van der Waals surface area contributed by atoms with E-state index >= 15 is 0 Å². The van der Waals surface area contributed by atoms with Crippen LogP contribution in [0.2, 0.25) is 0 Å². The maximum absolute atomic E-state index is 11.7. The Morgan fingerprint density at radius 3 is 2.88 bits per heavy atom. The molecule has 0 atom stereocenters. The van der Waals surface area contributed by atoms with Crippen molar-refractivity contribution in [3.8, 4) is 6.07 Å². The lowest BCUT2D eigenvalue weighted by molar-refractivity contribution is -0.385. The van der Waals surface area contributed by atoms with Crippen LogP contribution >= 0.6 is 0 Å². The number of rotatable bonds is 4. The topological polar surface area (TPSA) is 96.0 Å². The highest BCUT2D eigenvalue weighted by Crippen LogP contribution is 2.21. The summed E-state index contributed by atoms with van der Waals surface area (Å²) in [5, 5.41) is 21.6. The number of carbonyl (C=O) groups is 1. The Morgan fingerprint density at radius 2 is 2.29 bits per heavy atom. The van der Waals surface area contributed by atoms with Gasteiger partial charge in [-0.3, -0.25) is 14.9 Å². The minimum Gasteiger partial charge on any atom is -0.351 e. The lowest BCUT2D eigenvalue weighted by atomic mass is 10.1. The lowest BCUT2D eigenvalue weighted by Crippen LogP contribution is -2.25. The van der Waals surface area contributed by atoms with Crippen LogP contribution in [-0.4, -0.2) is 17.4 Å². The molecule has 17 heavy (non-hydrogen) atoms. The Bertz CT molecular complexity index is 491. The molecular formula is C11H11N3O3. The zero-order valence-electron chi connectivity index (χ0n) is 9.27. The molecule has 0 aliphatic rings. The van der Waals surface area contributed by atoms with Crippen molar-refractivity contribution in [2.45, 2.75) is 13.3 Å². The summed E-state index contributed by atoms with van der Waals surface area (Å²) >= 11 is 0.